The Morgan fingerprint density at radius 2 is 2.19 bits per heavy atom. The Bertz CT molecular complexity index is 762. The van der Waals surface area contributed by atoms with Gasteiger partial charge in [-0.2, -0.15) is 0 Å². The molecular formula is C19H25N3O3S. The first kappa shape index (κ1) is 18.8. The third kappa shape index (κ3) is 4.78. The van der Waals surface area contributed by atoms with Crippen molar-refractivity contribution in [2.24, 2.45) is 0 Å². The fourth-order valence-corrected chi connectivity index (χ4v) is 3.70. The van der Waals surface area contributed by atoms with Crippen molar-refractivity contribution < 1.29 is 13.9 Å². The number of hydrogen-bond donors (Lipinski definition) is 0. The van der Waals surface area contributed by atoms with Crippen LogP contribution in [0.3, 0.4) is 0 Å². The van der Waals surface area contributed by atoms with Gasteiger partial charge in [0.1, 0.15) is 5.75 Å². The van der Waals surface area contributed by atoms with Gasteiger partial charge in [0.05, 0.1) is 5.75 Å². The molecule has 1 aliphatic rings. The number of thioether (sulfide) groups is 1. The maximum Gasteiger partial charge on any atom is 0.277 e. The number of aryl methyl sites for hydroxylation is 2. The molecule has 1 aromatic heterocycles. The lowest BCUT2D eigenvalue weighted by Crippen LogP contribution is -2.42. The van der Waals surface area contributed by atoms with Crippen LogP contribution in [0.15, 0.2) is 27.8 Å². The second-order valence-electron chi connectivity index (χ2n) is 6.74. The average Bonchev–Trinajstić information content (AvgIpc) is 3.09. The van der Waals surface area contributed by atoms with E-state index in [9.17, 15) is 4.79 Å². The Hall–Kier alpha value is -2.02. The van der Waals surface area contributed by atoms with Gasteiger partial charge >= 0.3 is 0 Å². The van der Waals surface area contributed by atoms with Gasteiger partial charge in [-0.15, -0.1) is 10.2 Å². The highest BCUT2D eigenvalue weighted by Gasteiger charge is 2.23. The predicted octanol–water partition coefficient (Wildman–Crippen LogP) is 3.76. The summed E-state index contributed by atoms with van der Waals surface area (Å²) in [4.78, 5) is 14.3. The molecule has 7 heteroatoms. The summed E-state index contributed by atoms with van der Waals surface area (Å²) in [5.41, 5.74) is 2.20. The molecule has 1 aliphatic heterocycles. The van der Waals surface area contributed by atoms with E-state index in [-0.39, 0.29) is 12.5 Å². The lowest BCUT2D eigenvalue weighted by Gasteiger charge is -2.33. The summed E-state index contributed by atoms with van der Waals surface area (Å²) < 4.78 is 11.4. The van der Waals surface area contributed by atoms with Crippen LogP contribution >= 0.6 is 11.8 Å². The lowest BCUT2D eigenvalue weighted by atomic mass is 10.0. The van der Waals surface area contributed by atoms with Crippen molar-refractivity contribution in [2.75, 3.05) is 12.3 Å². The van der Waals surface area contributed by atoms with Gasteiger partial charge in [-0.25, -0.2) is 0 Å². The molecule has 1 atom stereocenters. The highest BCUT2D eigenvalue weighted by molar-refractivity contribution is 7.99. The number of benzene rings is 1. The zero-order valence-electron chi connectivity index (χ0n) is 15.5. The molecule has 6 nitrogen and oxygen atoms in total. The van der Waals surface area contributed by atoms with Crippen molar-refractivity contribution in [2.45, 2.75) is 57.9 Å². The molecule has 1 aromatic carbocycles. The van der Waals surface area contributed by atoms with E-state index in [0.717, 1.165) is 36.3 Å². The van der Waals surface area contributed by atoms with E-state index in [4.69, 9.17) is 9.15 Å². The summed E-state index contributed by atoms with van der Waals surface area (Å²) in [6.07, 6.45) is 3.36. The third-order valence-corrected chi connectivity index (χ3v) is 5.39. The number of carbonyl (C=O) groups is 1. The van der Waals surface area contributed by atoms with Gasteiger partial charge in [0.2, 0.25) is 5.91 Å². The first-order chi connectivity index (χ1) is 12.5. The van der Waals surface area contributed by atoms with Crippen LogP contribution in [0.25, 0.3) is 0 Å². The summed E-state index contributed by atoms with van der Waals surface area (Å²) in [5.74, 6) is 1.68. The highest BCUT2D eigenvalue weighted by Crippen LogP contribution is 2.23. The van der Waals surface area contributed by atoms with E-state index in [1.54, 1.807) is 0 Å². The molecule has 26 heavy (non-hydrogen) atoms. The van der Waals surface area contributed by atoms with E-state index in [2.05, 4.69) is 17.1 Å². The molecule has 0 aliphatic carbocycles. The number of carbonyl (C=O) groups excluding carboxylic acids is 1. The van der Waals surface area contributed by atoms with E-state index in [1.807, 2.05) is 36.9 Å². The first-order valence-electron chi connectivity index (χ1n) is 8.97. The van der Waals surface area contributed by atoms with Crippen molar-refractivity contribution in [3.63, 3.8) is 0 Å². The summed E-state index contributed by atoms with van der Waals surface area (Å²) in [7, 11) is 0. The molecule has 1 amide bonds. The number of nitrogens with zero attached hydrogens (tertiary/aromatic N) is 3. The fraction of sp³-hybridized carbons (Fsp3) is 0.526. The first-order valence-corrected chi connectivity index (χ1v) is 9.96. The zero-order chi connectivity index (χ0) is 18.5. The molecule has 0 saturated carbocycles. The number of amides is 1. The van der Waals surface area contributed by atoms with Gasteiger partial charge in [0, 0.05) is 12.6 Å². The third-order valence-electron chi connectivity index (χ3n) is 4.59. The van der Waals surface area contributed by atoms with Gasteiger partial charge < -0.3 is 14.1 Å². The van der Waals surface area contributed by atoms with Crippen LogP contribution in [0.4, 0.5) is 0 Å². The highest BCUT2D eigenvalue weighted by atomic mass is 32.2. The molecule has 1 fully saturated rings. The minimum absolute atomic E-state index is 0.133. The molecule has 0 N–H and O–H groups in total. The standard InChI is InChI=1S/C19H25N3O3S/c1-13-7-8-14(2)16(10-13)24-11-17-20-21-19(25-17)26-12-18(23)22-9-5-4-6-15(22)3/h7-8,10,15H,4-6,9,11-12H2,1-3H3. The average molecular weight is 375 g/mol. The maximum absolute atomic E-state index is 12.4. The summed E-state index contributed by atoms with van der Waals surface area (Å²) in [6.45, 7) is 7.19. The second-order valence-corrected chi connectivity index (χ2v) is 7.67. The Morgan fingerprint density at radius 1 is 1.35 bits per heavy atom. The Balaban J connectivity index is 1.50. The van der Waals surface area contributed by atoms with Gasteiger partial charge in [0.25, 0.3) is 11.1 Å². The molecular weight excluding hydrogens is 350 g/mol. The molecule has 0 spiro atoms. The summed E-state index contributed by atoms with van der Waals surface area (Å²) >= 11 is 1.29. The molecule has 140 valence electrons. The minimum atomic E-state index is 0.133. The number of piperidine rings is 1. The molecule has 1 unspecified atom stereocenters. The van der Waals surface area contributed by atoms with E-state index in [1.165, 1.54) is 18.2 Å². The Kier molecular flexibility index (Phi) is 6.19. The topological polar surface area (TPSA) is 68.5 Å². The van der Waals surface area contributed by atoms with Crippen LogP contribution in [0.5, 0.6) is 5.75 Å². The molecule has 1 saturated heterocycles. The van der Waals surface area contributed by atoms with Crippen molar-refractivity contribution in [3.05, 3.63) is 35.2 Å². The second kappa shape index (κ2) is 8.58. The van der Waals surface area contributed by atoms with E-state index >= 15 is 0 Å². The van der Waals surface area contributed by atoms with Crippen molar-refractivity contribution in [1.82, 2.24) is 15.1 Å². The lowest BCUT2D eigenvalue weighted by molar-refractivity contribution is -0.131. The van der Waals surface area contributed by atoms with Gasteiger partial charge in [0.15, 0.2) is 6.61 Å². The molecule has 3 rings (SSSR count). The monoisotopic (exact) mass is 375 g/mol. The van der Waals surface area contributed by atoms with Crippen LogP contribution in [-0.4, -0.2) is 39.3 Å². The van der Waals surface area contributed by atoms with Crippen LogP contribution in [0.2, 0.25) is 0 Å². The number of hydrogen-bond acceptors (Lipinski definition) is 6. The number of rotatable bonds is 6. The molecule has 2 heterocycles. The number of aromatic nitrogens is 2. The summed E-state index contributed by atoms with van der Waals surface area (Å²) in [5, 5.41) is 8.41. The van der Waals surface area contributed by atoms with E-state index in [0.29, 0.717) is 22.9 Å². The summed E-state index contributed by atoms with van der Waals surface area (Å²) in [6, 6.07) is 6.37. The maximum atomic E-state index is 12.4. The van der Waals surface area contributed by atoms with Gasteiger partial charge in [-0.3, -0.25) is 4.79 Å². The largest absolute Gasteiger partial charge is 0.484 e. The molecule has 0 radical (unpaired) electrons. The van der Waals surface area contributed by atoms with Crippen LogP contribution < -0.4 is 4.74 Å². The number of likely N-dealkylation sites (tertiary alicyclic amines) is 1. The van der Waals surface area contributed by atoms with E-state index < -0.39 is 0 Å². The van der Waals surface area contributed by atoms with Crippen LogP contribution in [-0.2, 0) is 11.4 Å². The van der Waals surface area contributed by atoms with Crippen molar-refractivity contribution >= 4 is 17.7 Å². The fourth-order valence-electron chi connectivity index (χ4n) is 3.03. The van der Waals surface area contributed by atoms with Crippen LogP contribution in [0.1, 0.15) is 43.2 Å². The van der Waals surface area contributed by atoms with Gasteiger partial charge in [-0.05, 0) is 57.2 Å². The van der Waals surface area contributed by atoms with Gasteiger partial charge in [-0.1, -0.05) is 23.9 Å². The Labute approximate surface area is 158 Å². The van der Waals surface area contributed by atoms with Crippen molar-refractivity contribution in [1.29, 1.82) is 0 Å². The number of ether oxygens (including phenoxy) is 1. The van der Waals surface area contributed by atoms with Crippen molar-refractivity contribution in [3.8, 4) is 5.75 Å². The van der Waals surface area contributed by atoms with Crippen LogP contribution in [0, 0.1) is 13.8 Å². The smallest absolute Gasteiger partial charge is 0.277 e. The quantitative estimate of drug-likeness (QED) is 0.716. The SMILES string of the molecule is Cc1ccc(C)c(OCc2nnc(SCC(=O)N3CCCCC3C)o2)c1. The molecule has 2 aromatic rings. The minimum Gasteiger partial charge on any atom is -0.484 e. The predicted molar refractivity (Wildman–Crippen MR) is 100 cm³/mol. The zero-order valence-corrected chi connectivity index (χ0v) is 16.3. The molecule has 0 bridgehead atoms. The normalized spacial score (nSPS) is 17.3. The Morgan fingerprint density at radius 3 is 3.00 bits per heavy atom.